The molecule has 0 aromatic heterocycles. The third-order valence-electron chi connectivity index (χ3n) is 4.38. The lowest BCUT2D eigenvalue weighted by molar-refractivity contribution is 0.280. The van der Waals surface area contributed by atoms with E-state index >= 15 is 0 Å². The van der Waals surface area contributed by atoms with Gasteiger partial charge in [0.2, 0.25) is 10.0 Å². The molecular weight excluding hydrogens is 274 g/mol. The van der Waals surface area contributed by atoms with E-state index in [0.717, 1.165) is 11.1 Å². The van der Waals surface area contributed by atoms with Crippen LogP contribution in [-0.4, -0.2) is 30.9 Å². The van der Waals surface area contributed by atoms with Gasteiger partial charge in [-0.1, -0.05) is 19.9 Å². The highest BCUT2D eigenvalue weighted by Crippen LogP contribution is 2.30. The molecule has 1 heterocycles. The van der Waals surface area contributed by atoms with Crippen LogP contribution in [0.1, 0.15) is 30.5 Å². The first-order chi connectivity index (χ1) is 9.27. The first-order valence-electron chi connectivity index (χ1n) is 6.98. The molecule has 1 aliphatic heterocycles. The molecule has 1 aliphatic rings. The Hall–Kier alpha value is -0.910. The highest BCUT2D eigenvalue weighted by Gasteiger charge is 2.35. The van der Waals surface area contributed by atoms with Crippen molar-refractivity contribution in [3.05, 3.63) is 28.8 Å². The first kappa shape index (κ1) is 15.5. The summed E-state index contributed by atoms with van der Waals surface area (Å²) in [7, 11) is -3.46. The molecule has 0 radical (unpaired) electrons. The van der Waals surface area contributed by atoms with Gasteiger partial charge in [0.1, 0.15) is 0 Å². The number of aliphatic hydroxyl groups is 1. The van der Waals surface area contributed by atoms with E-state index in [1.54, 1.807) is 10.4 Å². The van der Waals surface area contributed by atoms with E-state index in [1.165, 1.54) is 0 Å². The minimum Gasteiger partial charge on any atom is -0.392 e. The van der Waals surface area contributed by atoms with Crippen molar-refractivity contribution in [3.63, 3.8) is 0 Å². The number of nitrogens with zero attached hydrogens (tertiary/aromatic N) is 1. The minimum absolute atomic E-state index is 0.137. The molecule has 1 fully saturated rings. The van der Waals surface area contributed by atoms with E-state index in [-0.39, 0.29) is 6.61 Å². The van der Waals surface area contributed by atoms with E-state index in [4.69, 9.17) is 0 Å². The predicted octanol–water partition coefficient (Wildman–Crippen LogP) is 2.07. The molecule has 4 nitrogen and oxygen atoms in total. The van der Waals surface area contributed by atoms with Crippen LogP contribution in [0, 0.1) is 25.7 Å². The molecule has 0 spiro atoms. The summed E-state index contributed by atoms with van der Waals surface area (Å²) in [6.45, 7) is 8.87. The van der Waals surface area contributed by atoms with Crippen LogP contribution in [0.5, 0.6) is 0 Å². The Kier molecular flexibility index (Phi) is 4.23. The van der Waals surface area contributed by atoms with Crippen molar-refractivity contribution in [1.29, 1.82) is 0 Å². The SMILES string of the molecule is Cc1cc(C)c(S(=O)(=O)N2CC(C)C(C)C2)cc1CO. The van der Waals surface area contributed by atoms with Gasteiger partial charge >= 0.3 is 0 Å². The average molecular weight is 297 g/mol. The Morgan fingerprint density at radius 2 is 1.70 bits per heavy atom. The summed E-state index contributed by atoms with van der Waals surface area (Å²) in [5, 5.41) is 9.34. The first-order valence-corrected chi connectivity index (χ1v) is 8.42. The zero-order valence-electron chi connectivity index (χ0n) is 12.5. The molecule has 1 saturated heterocycles. The summed E-state index contributed by atoms with van der Waals surface area (Å²) in [5.74, 6) is 0.765. The van der Waals surface area contributed by atoms with Crippen molar-refractivity contribution in [2.75, 3.05) is 13.1 Å². The second-order valence-corrected chi connectivity index (χ2v) is 7.89. The number of sulfonamides is 1. The highest BCUT2D eigenvalue weighted by atomic mass is 32.2. The van der Waals surface area contributed by atoms with E-state index in [1.807, 2.05) is 19.9 Å². The van der Waals surface area contributed by atoms with E-state index in [0.29, 0.717) is 35.4 Å². The minimum atomic E-state index is -3.46. The summed E-state index contributed by atoms with van der Waals surface area (Å²) < 4.78 is 27.1. The van der Waals surface area contributed by atoms with Crippen LogP contribution in [0.4, 0.5) is 0 Å². The Morgan fingerprint density at radius 1 is 1.15 bits per heavy atom. The Balaban J connectivity index is 2.45. The summed E-state index contributed by atoms with van der Waals surface area (Å²) in [6, 6.07) is 3.45. The van der Waals surface area contributed by atoms with Crippen molar-refractivity contribution in [3.8, 4) is 0 Å². The molecule has 2 rings (SSSR count). The Bertz CT molecular complexity index is 600. The molecule has 112 valence electrons. The molecule has 1 N–H and O–H groups in total. The monoisotopic (exact) mass is 297 g/mol. The zero-order valence-corrected chi connectivity index (χ0v) is 13.4. The number of benzene rings is 1. The van der Waals surface area contributed by atoms with E-state index < -0.39 is 10.0 Å². The molecule has 0 saturated carbocycles. The second-order valence-electron chi connectivity index (χ2n) is 5.98. The molecule has 0 amide bonds. The molecule has 1 aromatic rings. The maximum Gasteiger partial charge on any atom is 0.243 e. The zero-order chi connectivity index (χ0) is 15.1. The normalized spacial score (nSPS) is 24.2. The van der Waals surface area contributed by atoms with Crippen molar-refractivity contribution >= 4 is 10.0 Å². The highest BCUT2D eigenvalue weighted by molar-refractivity contribution is 7.89. The summed E-state index contributed by atoms with van der Waals surface area (Å²) >= 11 is 0. The van der Waals surface area contributed by atoms with Crippen LogP contribution >= 0.6 is 0 Å². The van der Waals surface area contributed by atoms with Crippen LogP contribution < -0.4 is 0 Å². The summed E-state index contributed by atoms with van der Waals surface area (Å²) in [4.78, 5) is 0.327. The fourth-order valence-electron chi connectivity index (χ4n) is 2.73. The lowest BCUT2D eigenvalue weighted by Crippen LogP contribution is -2.29. The molecule has 2 unspecified atom stereocenters. The van der Waals surface area contributed by atoms with Gasteiger partial charge in [-0.15, -0.1) is 0 Å². The van der Waals surface area contributed by atoms with Crippen molar-refractivity contribution < 1.29 is 13.5 Å². The van der Waals surface area contributed by atoms with Gasteiger partial charge in [-0.25, -0.2) is 8.42 Å². The van der Waals surface area contributed by atoms with E-state index in [2.05, 4.69) is 13.8 Å². The molecule has 2 atom stereocenters. The lowest BCUT2D eigenvalue weighted by Gasteiger charge is -2.19. The third-order valence-corrected chi connectivity index (χ3v) is 6.35. The summed E-state index contributed by atoms with van der Waals surface area (Å²) in [5.41, 5.74) is 2.34. The van der Waals surface area contributed by atoms with Gasteiger partial charge in [-0.2, -0.15) is 4.31 Å². The van der Waals surface area contributed by atoms with Crippen LogP contribution in [0.3, 0.4) is 0 Å². The van der Waals surface area contributed by atoms with Crippen LogP contribution in [-0.2, 0) is 16.6 Å². The van der Waals surface area contributed by atoms with Crippen molar-refractivity contribution in [1.82, 2.24) is 4.31 Å². The molecule has 0 aliphatic carbocycles. The Morgan fingerprint density at radius 3 is 2.20 bits per heavy atom. The molecule has 5 heteroatoms. The van der Waals surface area contributed by atoms with E-state index in [9.17, 15) is 13.5 Å². The topological polar surface area (TPSA) is 57.6 Å². The number of rotatable bonds is 3. The van der Waals surface area contributed by atoms with Crippen LogP contribution in [0.15, 0.2) is 17.0 Å². The largest absolute Gasteiger partial charge is 0.392 e. The second kappa shape index (κ2) is 5.47. The van der Waals surface area contributed by atoms with Gasteiger partial charge in [0.25, 0.3) is 0 Å². The number of aliphatic hydroxyl groups excluding tert-OH is 1. The molecule has 20 heavy (non-hydrogen) atoms. The van der Waals surface area contributed by atoms with Gasteiger partial charge in [-0.3, -0.25) is 0 Å². The van der Waals surface area contributed by atoms with Crippen LogP contribution in [0.25, 0.3) is 0 Å². The summed E-state index contributed by atoms with van der Waals surface area (Å²) in [6.07, 6.45) is 0. The van der Waals surface area contributed by atoms with Gasteiger partial charge < -0.3 is 5.11 Å². The van der Waals surface area contributed by atoms with Gasteiger partial charge in [-0.05, 0) is 48.4 Å². The predicted molar refractivity (Wildman–Crippen MR) is 78.9 cm³/mol. The molecule has 0 bridgehead atoms. The smallest absolute Gasteiger partial charge is 0.243 e. The quantitative estimate of drug-likeness (QED) is 0.929. The number of aryl methyl sites for hydroxylation is 2. The fourth-order valence-corrected chi connectivity index (χ4v) is 4.63. The van der Waals surface area contributed by atoms with Crippen molar-refractivity contribution in [2.45, 2.75) is 39.2 Å². The maximum absolute atomic E-state index is 12.8. The number of hydrogen-bond donors (Lipinski definition) is 1. The molecular formula is C15H23NO3S. The third kappa shape index (κ3) is 2.62. The maximum atomic E-state index is 12.8. The van der Waals surface area contributed by atoms with Gasteiger partial charge in [0.05, 0.1) is 11.5 Å². The van der Waals surface area contributed by atoms with Gasteiger partial charge in [0, 0.05) is 13.1 Å². The standard InChI is InChI=1S/C15H23NO3S/c1-10-5-11(2)15(6-14(10)9-17)20(18,19)16-7-12(3)13(4)8-16/h5-6,12-13,17H,7-9H2,1-4H3. The Labute approximate surface area is 121 Å². The van der Waals surface area contributed by atoms with Crippen LogP contribution in [0.2, 0.25) is 0 Å². The van der Waals surface area contributed by atoms with Crippen molar-refractivity contribution in [2.24, 2.45) is 11.8 Å². The lowest BCUT2D eigenvalue weighted by atomic mass is 10.0. The average Bonchev–Trinajstić information content (AvgIpc) is 2.70. The molecule has 1 aromatic carbocycles. The fraction of sp³-hybridized carbons (Fsp3) is 0.600. The number of hydrogen-bond acceptors (Lipinski definition) is 3. The van der Waals surface area contributed by atoms with Gasteiger partial charge in [0.15, 0.2) is 0 Å².